The van der Waals surface area contributed by atoms with Crippen LogP contribution in [0.2, 0.25) is 0 Å². The van der Waals surface area contributed by atoms with Crippen LogP contribution in [-0.4, -0.2) is 20.2 Å². The number of nitrogens with one attached hydrogen (secondary N) is 1. The molecular weight excluding hydrogens is 198 g/mol. The molecule has 1 heterocycles. The Hall–Kier alpha value is -1.02. The summed E-state index contributed by atoms with van der Waals surface area (Å²) < 4.78 is 5.57. The Bertz CT molecular complexity index is 396. The van der Waals surface area contributed by atoms with E-state index in [-0.39, 0.29) is 0 Å². The van der Waals surface area contributed by atoms with E-state index >= 15 is 0 Å². The Labute approximate surface area is 97.0 Å². The number of ether oxygens (including phenoxy) is 1. The molecule has 0 aromatic heterocycles. The van der Waals surface area contributed by atoms with Crippen molar-refractivity contribution in [1.29, 1.82) is 0 Å². The van der Waals surface area contributed by atoms with Gasteiger partial charge in [-0.05, 0) is 37.4 Å². The van der Waals surface area contributed by atoms with Crippen LogP contribution in [0.1, 0.15) is 30.4 Å². The zero-order valence-corrected chi connectivity index (χ0v) is 9.88. The van der Waals surface area contributed by atoms with Crippen molar-refractivity contribution in [3.05, 3.63) is 29.3 Å². The van der Waals surface area contributed by atoms with Gasteiger partial charge in [-0.2, -0.15) is 0 Å². The van der Waals surface area contributed by atoms with Crippen LogP contribution in [0.15, 0.2) is 18.2 Å². The van der Waals surface area contributed by atoms with Crippen molar-refractivity contribution in [2.24, 2.45) is 0 Å². The topological polar surface area (TPSA) is 21.3 Å². The smallest absolute Gasteiger partial charge is 0.122 e. The molecule has 3 rings (SSSR count). The lowest BCUT2D eigenvalue weighted by Crippen LogP contribution is -2.43. The molecule has 1 spiro atoms. The zero-order valence-electron chi connectivity index (χ0n) is 9.88. The maximum atomic E-state index is 5.57. The van der Waals surface area contributed by atoms with E-state index in [9.17, 15) is 0 Å². The summed E-state index contributed by atoms with van der Waals surface area (Å²) >= 11 is 0. The van der Waals surface area contributed by atoms with Gasteiger partial charge < -0.3 is 10.1 Å². The minimum atomic E-state index is 0.373. The molecule has 1 saturated carbocycles. The second kappa shape index (κ2) is 3.77. The van der Waals surface area contributed by atoms with E-state index in [1.54, 1.807) is 7.11 Å². The molecule has 0 radical (unpaired) electrons. The number of hydrogen-bond donors (Lipinski definition) is 1. The SMILES string of the molecule is COc1cccc2c1C1(CCC1)CNCC2. The van der Waals surface area contributed by atoms with Crippen molar-refractivity contribution >= 4 is 0 Å². The van der Waals surface area contributed by atoms with Crippen LogP contribution in [0.4, 0.5) is 0 Å². The van der Waals surface area contributed by atoms with Crippen molar-refractivity contribution in [3.63, 3.8) is 0 Å². The lowest BCUT2D eigenvalue weighted by atomic mass is 9.63. The summed E-state index contributed by atoms with van der Waals surface area (Å²) in [5.74, 6) is 1.10. The normalized spacial score (nSPS) is 22.1. The minimum absolute atomic E-state index is 0.373. The molecular formula is C14H19NO. The van der Waals surface area contributed by atoms with Gasteiger partial charge >= 0.3 is 0 Å². The molecule has 0 saturated heterocycles. The number of methoxy groups -OCH3 is 1. The lowest BCUT2D eigenvalue weighted by Gasteiger charge is -2.43. The van der Waals surface area contributed by atoms with Crippen LogP contribution in [0, 0.1) is 0 Å². The van der Waals surface area contributed by atoms with Crippen molar-refractivity contribution in [2.75, 3.05) is 20.2 Å². The Balaban J connectivity index is 2.14. The van der Waals surface area contributed by atoms with Crippen molar-refractivity contribution in [2.45, 2.75) is 31.1 Å². The fourth-order valence-electron chi connectivity index (χ4n) is 3.23. The van der Waals surface area contributed by atoms with Gasteiger partial charge in [-0.3, -0.25) is 0 Å². The van der Waals surface area contributed by atoms with Gasteiger partial charge in [-0.15, -0.1) is 0 Å². The fourth-order valence-corrected chi connectivity index (χ4v) is 3.23. The molecule has 0 unspecified atom stereocenters. The van der Waals surface area contributed by atoms with Gasteiger partial charge in [0.05, 0.1) is 7.11 Å². The van der Waals surface area contributed by atoms with Crippen LogP contribution in [0.25, 0.3) is 0 Å². The molecule has 2 aliphatic rings. The average Bonchev–Trinajstić information content (AvgIpc) is 2.47. The third-order valence-corrected chi connectivity index (χ3v) is 4.21. The number of rotatable bonds is 1. The standard InChI is InChI=1S/C14H19NO/c1-16-12-5-2-4-11-6-9-15-10-14(13(11)12)7-3-8-14/h2,4-5,15H,3,6-10H2,1H3. The molecule has 0 amide bonds. The second-order valence-electron chi connectivity index (χ2n) is 5.06. The van der Waals surface area contributed by atoms with E-state index in [0.29, 0.717) is 5.41 Å². The molecule has 1 aromatic rings. The Morgan fingerprint density at radius 2 is 2.19 bits per heavy atom. The van der Waals surface area contributed by atoms with Gasteiger partial charge in [-0.25, -0.2) is 0 Å². The molecule has 1 aliphatic heterocycles. The highest BCUT2D eigenvalue weighted by Crippen LogP contribution is 2.48. The third-order valence-electron chi connectivity index (χ3n) is 4.21. The summed E-state index contributed by atoms with van der Waals surface area (Å²) in [4.78, 5) is 0. The predicted octanol–water partition coefficient (Wildman–Crippen LogP) is 2.26. The summed E-state index contributed by atoms with van der Waals surface area (Å²) in [6.07, 6.45) is 5.12. The first kappa shape index (κ1) is 10.2. The minimum Gasteiger partial charge on any atom is -0.496 e. The molecule has 2 heteroatoms. The molecule has 1 N–H and O–H groups in total. The molecule has 1 fully saturated rings. The van der Waals surface area contributed by atoms with E-state index in [4.69, 9.17) is 4.74 Å². The van der Waals surface area contributed by atoms with E-state index in [1.807, 2.05) is 0 Å². The van der Waals surface area contributed by atoms with Gasteiger partial charge in [0.25, 0.3) is 0 Å². The highest BCUT2D eigenvalue weighted by Gasteiger charge is 2.42. The fraction of sp³-hybridized carbons (Fsp3) is 0.571. The lowest BCUT2D eigenvalue weighted by molar-refractivity contribution is 0.231. The third kappa shape index (κ3) is 1.36. The summed E-state index contributed by atoms with van der Waals surface area (Å²) in [6.45, 7) is 2.22. The maximum Gasteiger partial charge on any atom is 0.122 e. The molecule has 0 atom stereocenters. The van der Waals surface area contributed by atoms with Gasteiger partial charge in [0.2, 0.25) is 0 Å². The van der Waals surface area contributed by atoms with Crippen LogP contribution >= 0.6 is 0 Å². The van der Waals surface area contributed by atoms with Crippen LogP contribution < -0.4 is 10.1 Å². The van der Waals surface area contributed by atoms with E-state index in [2.05, 4.69) is 23.5 Å². The second-order valence-corrected chi connectivity index (χ2v) is 5.06. The molecule has 2 nitrogen and oxygen atoms in total. The van der Waals surface area contributed by atoms with Gasteiger partial charge in [0.1, 0.15) is 5.75 Å². The first-order valence-electron chi connectivity index (χ1n) is 6.23. The maximum absolute atomic E-state index is 5.57. The van der Waals surface area contributed by atoms with Gasteiger partial charge in [-0.1, -0.05) is 18.6 Å². The first-order valence-corrected chi connectivity index (χ1v) is 6.23. The Morgan fingerprint density at radius 3 is 2.88 bits per heavy atom. The molecule has 1 aromatic carbocycles. The highest BCUT2D eigenvalue weighted by molar-refractivity contribution is 5.48. The summed E-state index contributed by atoms with van der Waals surface area (Å²) in [7, 11) is 1.79. The quantitative estimate of drug-likeness (QED) is 0.779. The summed E-state index contributed by atoms with van der Waals surface area (Å²) in [6, 6.07) is 6.50. The summed E-state index contributed by atoms with van der Waals surface area (Å²) in [5, 5.41) is 3.58. The highest BCUT2D eigenvalue weighted by atomic mass is 16.5. The zero-order chi connectivity index (χ0) is 11.0. The molecule has 86 valence electrons. The van der Waals surface area contributed by atoms with Crippen LogP contribution in [-0.2, 0) is 11.8 Å². The average molecular weight is 217 g/mol. The van der Waals surface area contributed by atoms with Gasteiger partial charge in [0.15, 0.2) is 0 Å². The molecule has 1 aliphatic carbocycles. The van der Waals surface area contributed by atoms with E-state index < -0.39 is 0 Å². The number of hydrogen-bond acceptors (Lipinski definition) is 2. The van der Waals surface area contributed by atoms with Crippen molar-refractivity contribution < 1.29 is 4.74 Å². The monoisotopic (exact) mass is 217 g/mol. The predicted molar refractivity (Wildman–Crippen MR) is 65.1 cm³/mol. The van der Waals surface area contributed by atoms with Gasteiger partial charge in [0, 0.05) is 17.5 Å². The Kier molecular flexibility index (Phi) is 2.40. The van der Waals surface area contributed by atoms with Crippen molar-refractivity contribution in [3.8, 4) is 5.75 Å². The molecule has 0 bridgehead atoms. The van der Waals surface area contributed by atoms with Crippen LogP contribution in [0.3, 0.4) is 0 Å². The summed E-state index contributed by atoms with van der Waals surface area (Å²) in [5.41, 5.74) is 3.36. The van der Waals surface area contributed by atoms with Crippen molar-refractivity contribution in [1.82, 2.24) is 5.32 Å². The van der Waals surface area contributed by atoms with E-state index in [1.165, 1.54) is 30.4 Å². The molecule has 16 heavy (non-hydrogen) atoms. The first-order chi connectivity index (χ1) is 7.86. The Morgan fingerprint density at radius 1 is 1.31 bits per heavy atom. The number of fused-ring (bicyclic) bond motifs is 2. The largest absolute Gasteiger partial charge is 0.496 e. The number of benzene rings is 1. The van der Waals surface area contributed by atoms with E-state index in [0.717, 1.165) is 25.3 Å². The van der Waals surface area contributed by atoms with Crippen LogP contribution in [0.5, 0.6) is 5.75 Å².